The van der Waals surface area contributed by atoms with E-state index < -0.39 is 0 Å². The van der Waals surface area contributed by atoms with Crippen molar-refractivity contribution in [3.05, 3.63) is 48.5 Å². The molecule has 0 saturated heterocycles. The molecule has 0 unspecified atom stereocenters. The van der Waals surface area contributed by atoms with Crippen molar-refractivity contribution in [2.45, 2.75) is 52.4 Å². The molecular weight excluding hydrogens is 374 g/mol. The molecule has 0 amide bonds. The summed E-state index contributed by atoms with van der Waals surface area (Å²) in [5, 5.41) is 1.14. The van der Waals surface area contributed by atoms with Gasteiger partial charge in [-0.05, 0) is 44.7 Å². The van der Waals surface area contributed by atoms with Crippen molar-refractivity contribution in [3.63, 3.8) is 0 Å². The van der Waals surface area contributed by atoms with Crippen molar-refractivity contribution < 1.29 is 4.79 Å². The summed E-state index contributed by atoms with van der Waals surface area (Å²) in [6.45, 7) is 5.70. The van der Waals surface area contributed by atoms with Gasteiger partial charge in [-0.1, -0.05) is 32.0 Å². The standard InChI is InChI=1S/C22H23N5O.C2H6/c1-13(28)14-6-8-15(9-7-14)22-26-19(20-21(23)24-10-11-27(20)22)18-12-16-4-2-3-5-17(16)25-18;1-2/h2-5,10-12,14-15,25H,6-9H2,1H3,(H2,23,24);1-2H3. The molecule has 0 aliphatic heterocycles. The number of ketones is 1. The average Bonchev–Trinajstić information content (AvgIpc) is 3.37. The third-order valence-corrected chi connectivity index (χ3v) is 6.06. The van der Waals surface area contributed by atoms with Crippen LogP contribution in [0.2, 0.25) is 0 Å². The van der Waals surface area contributed by atoms with Crippen LogP contribution in [0.4, 0.5) is 5.82 Å². The average molecular weight is 404 g/mol. The minimum Gasteiger partial charge on any atom is -0.382 e. The molecule has 156 valence electrons. The number of Topliss-reactive ketones (excluding diaryl/α,β-unsaturated/α-hetero) is 1. The highest BCUT2D eigenvalue weighted by atomic mass is 16.1. The Hall–Kier alpha value is -3.15. The lowest BCUT2D eigenvalue weighted by atomic mass is 9.80. The van der Waals surface area contributed by atoms with Gasteiger partial charge in [0.05, 0.1) is 5.69 Å². The summed E-state index contributed by atoms with van der Waals surface area (Å²) >= 11 is 0. The Morgan fingerprint density at radius 3 is 2.60 bits per heavy atom. The van der Waals surface area contributed by atoms with E-state index >= 15 is 0 Å². The van der Waals surface area contributed by atoms with E-state index in [1.807, 2.05) is 32.2 Å². The molecule has 1 fully saturated rings. The molecule has 5 rings (SSSR count). The second-order valence-corrected chi connectivity index (χ2v) is 7.78. The third kappa shape index (κ3) is 3.47. The van der Waals surface area contributed by atoms with Gasteiger partial charge >= 0.3 is 0 Å². The minimum atomic E-state index is 0.197. The van der Waals surface area contributed by atoms with Gasteiger partial charge in [-0.3, -0.25) is 9.20 Å². The van der Waals surface area contributed by atoms with Crippen LogP contribution in [-0.4, -0.2) is 25.1 Å². The summed E-state index contributed by atoms with van der Waals surface area (Å²) in [6, 6.07) is 10.3. The topological polar surface area (TPSA) is 89.1 Å². The maximum Gasteiger partial charge on any atom is 0.150 e. The van der Waals surface area contributed by atoms with Crippen LogP contribution < -0.4 is 5.73 Å². The molecule has 1 aromatic carbocycles. The normalized spacial score (nSPS) is 18.9. The molecule has 6 nitrogen and oxygen atoms in total. The zero-order valence-electron chi connectivity index (χ0n) is 17.9. The number of benzene rings is 1. The minimum absolute atomic E-state index is 0.197. The monoisotopic (exact) mass is 403 g/mol. The Morgan fingerprint density at radius 1 is 1.17 bits per heavy atom. The Kier molecular flexibility index (Phi) is 5.57. The molecule has 0 atom stereocenters. The van der Waals surface area contributed by atoms with Crippen molar-refractivity contribution in [1.82, 2.24) is 19.4 Å². The smallest absolute Gasteiger partial charge is 0.150 e. The first-order chi connectivity index (χ1) is 14.6. The van der Waals surface area contributed by atoms with Crippen LogP contribution in [0.15, 0.2) is 42.7 Å². The first-order valence-corrected chi connectivity index (χ1v) is 10.8. The summed E-state index contributed by atoms with van der Waals surface area (Å²) in [6.07, 6.45) is 7.46. The van der Waals surface area contributed by atoms with Crippen LogP contribution in [0.5, 0.6) is 0 Å². The van der Waals surface area contributed by atoms with Crippen LogP contribution in [0, 0.1) is 5.92 Å². The quantitative estimate of drug-likeness (QED) is 0.483. The summed E-state index contributed by atoms with van der Waals surface area (Å²) in [5.74, 6) is 2.32. The molecular formula is C24H29N5O. The molecule has 0 spiro atoms. The molecule has 1 aliphatic rings. The van der Waals surface area contributed by atoms with E-state index in [0.29, 0.717) is 17.5 Å². The first-order valence-electron chi connectivity index (χ1n) is 10.8. The van der Waals surface area contributed by atoms with E-state index in [-0.39, 0.29) is 5.92 Å². The number of H-pyrrole nitrogens is 1. The largest absolute Gasteiger partial charge is 0.382 e. The Bertz CT molecular complexity index is 1150. The Morgan fingerprint density at radius 2 is 1.90 bits per heavy atom. The van der Waals surface area contributed by atoms with Crippen molar-refractivity contribution in [3.8, 4) is 11.4 Å². The maximum absolute atomic E-state index is 11.7. The number of hydrogen-bond acceptors (Lipinski definition) is 4. The van der Waals surface area contributed by atoms with Gasteiger partial charge in [0.1, 0.15) is 28.6 Å². The summed E-state index contributed by atoms with van der Waals surface area (Å²) in [4.78, 5) is 24.5. The van der Waals surface area contributed by atoms with E-state index in [1.54, 1.807) is 13.1 Å². The van der Waals surface area contributed by atoms with Crippen molar-refractivity contribution in [2.75, 3.05) is 5.73 Å². The lowest BCUT2D eigenvalue weighted by Gasteiger charge is -2.26. The maximum atomic E-state index is 11.7. The molecule has 6 heteroatoms. The lowest BCUT2D eigenvalue weighted by Crippen LogP contribution is -2.20. The molecule has 3 aromatic heterocycles. The zero-order valence-corrected chi connectivity index (χ0v) is 17.9. The third-order valence-electron chi connectivity index (χ3n) is 6.06. The fourth-order valence-corrected chi connectivity index (χ4v) is 4.52. The second kappa shape index (κ2) is 8.30. The predicted octanol–water partition coefficient (Wildman–Crippen LogP) is 5.35. The number of carbonyl (C=O) groups is 1. The van der Waals surface area contributed by atoms with Crippen LogP contribution >= 0.6 is 0 Å². The van der Waals surface area contributed by atoms with Gasteiger partial charge in [0.2, 0.25) is 0 Å². The molecule has 0 radical (unpaired) electrons. The fraction of sp³-hybridized carbons (Fsp3) is 0.375. The van der Waals surface area contributed by atoms with Crippen LogP contribution in [0.3, 0.4) is 0 Å². The van der Waals surface area contributed by atoms with Crippen LogP contribution in [0.25, 0.3) is 27.8 Å². The van der Waals surface area contributed by atoms with Crippen LogP contribution in [0.1, 0.15) is 58.2 Å². The summed E-state index contributed by atoms with van der Waals surface area (Å²) < 4.78 is 2.09. The number of nitrogens with zero attached hydrogens (tertiary/aromatic N) is 3. The van der Waals surface area contributed by atoms with Crippen molar-refractivity contribution >= 4 is 28.0 Å². The SMILES string of the molecule is CC.CC(=O)C1CCC(c2nc(-c3cc4ccccc4[nH]3)c3c(N)nccn23)CC1. The van der Waals surface area contributed by atoms with Gasteiger partial charge in [0.15, 0.2) is 0 Å². The van der Waals surface area contributed by atoms with Gasteiger partial charge in [0.25, 0.3) is 0 Å². The number of hydrogen-bond donors (Lipinski definition) is 2. The number of fused-ring (bicyclic) bond motifs is 2. The number of para-hydroxylation sites is 1. The van der Waals surface area contributed by atoms with E-state index in [1.165, 1.54) is 0 Å². The number of rotatable bonds is 3. The number of aromatic nitrogens is 4. The summed E-state index contributed by atoms with van der Waals surface area (Å²) in [7, 11) is 0. The number of nitrogens with one attached hydrogen (secondary N) is 1. The van der Waals surface area contributed by atoms with Gasteiger partial charge < -0.3 is 10.7 Å². The zero-order chi connectivity index (χ0) is 21.3. The van der Waals surface area contributed by atoms with Gasteiger partial charge in [0, 0.05) is 35.1 Å². The van der Waals surface area contributed by atoms with Crippen molar-refractivity contribution in [1.29, 1.82) is 0 Å². The number of anilines is 1. The lowest BCUT2D eigenvalue weighted by molar-refractivity contribution is -0.121. The van der Waals surface area contributed by atoms with E-state index in [0.717, 1.165) is 59.3 Å². The predicted molar refractivity (Wildman–Crippen MR) is 121 cm³/mol. The van der Waals surface area contributed by atoms with Gasteiger partial charge in [-0.2, -0.15) is 0 Å². The van der Waals surface area contributed by atoms with Gasteiger partial charge in [-0.25, -0.2) is 9.97 Å². The number of imidazole rings is 1. The second-order valence-electron chi connectivity index (χ2n) is 7.78. The molecule has 30 heavy (non-hydrogen) atoms. The Balaban J connectivity index is 0.00000106. The Labute approximate surface area is 176 Å². The molecule has 3 heterocycles. The highest BCUT2D eigenvalue weighted by Gasteiger charge is 2.29. The fourth-order valence-electron chi connectivity index (χ4n) is 4.52. The summed E-state index contributed by atoms with van der Waals surface area (Å²) in [5.41, 5.74) is 9.97. The molecule has 4 aromatic rings. The molecule has 1 saturated carbocycles. The number of nitrogens with two attached hydrogens (primary N) is 1. The highest BCUT2D eigenvalue weighted by molar-refractivity contribution is 5.91. The number of carbonyl (C=O) groups excluding carboxylic acids is 1. The highest BCUT2D eigenvalue weighted by Crippen LogP contribution is 2.39. The first kappa shape index (κ1) is 20.1. The number of aromatic amines is 1. The van der Waals surface area contributed by atoms with E-state index in [2.05, 4.69) is 32.6 Å². The van der Waals surface area contributed by atoms with Gasteiger partial charge in [-0.15, -0.1) is 0 Å². The number of nitrogen functional groups attached to an aromatic ring is 1. The van der Waals surface area contributed by atoms with E-state index in [9.17, 15) is 4.79 Å². The molecule has 1 aliphatic carbocycles. The molecule has 3 N–H and O–H groups in total. The molecule has 0 bridgehead atoms. The van der Waals surface area contributed by atoms with E-state index in [4.69, 9.17) is 10.7 Å². The van der Waals surface area contributed by atoms with Crippen molar-refractivity contribution in [2.24, 2.45) is 5.92 Å². The van der Waals surface area contributed by atoms with Crippen LogP contribution in [-0.2, 0) is 4.79 Å².